The number of morpholine rings is 1. The van der Waals surface area contributed by atoms with Crippen LogP contribution >= 0.6 is 0 Å². The van der Waals surface area contributed by atoms with Crippen molar-refractivity contribution in [3.05, 3.63) is 41.2 Å². The SMILES string of the molecule is Cc1ccc(-n2nc3c(N4CCC[C@@H](C(=O)NCCN5CCOCC5)C4)nnc(C)c3c2C)cc1. The van der Waals surface area contributed by atoms with Crippen molar-refractivity contribution in [2.24, 2.45) is 5.92 Å². The predicted octanol–water partition coefficient (Wildman–Crippen LogP) is 2.41. The van der Waals surface area contributed by atoms with Gasteiger partial charge in [0, 0.05) is 39.3 Å². The highest BCUT2D eigenvalue weighted by molar-refractivity contribution is 5.92. The van der Waals surface area contributed by atoms with Crippen LogP contribution in [0.3, 0.4) is 0 Å². The molecule has 1 amide bonds. The minimum atomic E-state index is -0.0631. The number of ether oxygens (including phenoxy) is 1. The van der Waals surface area contributed by atoms with E-state index in [4.69, 9.17) is 9.84 Å². The fourth-order valence-electron chi connectivity index (χ4n) is 5.15. The van der Waals surface area contributed by atoms with E-state index in [1.54, 1.807) is 0 Å². The molecular weight excluding hydrogens is 442 g/mol. The summed E-state index contributed by atoms with van der Waals surface area (Å²) in [5, 5.41) is 18.2. The molecule has 0 radical (unpaired) electrons. The molecule has 0 saturated carbocycles. The van der Waals surface area contributed by atoms with Crippen molar-refractivity contribution in [3.63, 3.8) is 0 Å². The van der Waals surface area contributed by atoms with Gasteiger partial charge in [0.15, 0.2) is 5.82 Å². The van der Waals surface area contributed by atoms with Crippen LogP contribution in [0.15, 0.2) is 24.3 Å². The number of rotatable bonds is 6. The third kappa shape index (κ3) is 5.01. The number of nitrogens with zero attached hydrogens (tertiary/aromatic N) is 6. The summed E-state index contributed by atoms with van der Waals surface area (Å²) in [7, 11) is 0. The van der Waals surface area contributed by atoms with Crippen LogP contribution in [0.1, 0.15) is 29.8 Å². The van der Waals surface area contributed by atoms with E-state index in [-0.39, 0.29) is 11.8 Å². The average Bonchev–Trinajstić information content (AvgIpc) is 3.23. The first kappa shape index (κ1) is 23.7. The molecule has 2 aliphatic rings. The van der Waals surface area contributed by atoms with E-state index in [1.807, 2.05) is 11.6 Å². The number of piperidine rings is 1. The highest BCUT2D eigenvalue weighted by atomic mass is 16.5. The normalized spacial score (nSPS) is 19.3. The van der Waals surface area contributed by atoms with Crippen LogP contribution in [-0.4, -0.2) is 83.3 Å². The fourth-order valence-corrected chi connectivity index (χ4v) is 5.15. The van der Waals surface area contributed by atoms with E-state index in [9.17, 15) is 4.79 Å². The smallest absolute Gasteiger partial charge is 0.224 e. The molecule has 186 valence electrons. The van der Waals surface area contributed by atoms with E-state index < -0.39 is 0 Å². The summed E-state index contributed by atoms with van der Waals surface area (Å²) < 4.78 is 7.38. The summed E-state index contributed by atoms with van der Waals surface area (Å²) in [6.45, 7) is 12.6. The molecule has 0 aliphatic carbocycles. The predicted molar refractivity (Wildman–Crippen MR) is 136 cm³/mol. The van der Waals surface area contributed by atoms with E-state index in [0.717, 1.165) is 86.0 Å². The van der Waals surface area contributed by atoms with Crippen molar-refractivity contribution in [3.8, 4) is 5.69 Å². The van der Waals surface area contributed by atoms with Crippen LogP contribution in [0.5, 0.6) is 0 Å². The van der Waals surface area contributed by atoms with Crippen molar-refractivity contribution in [1.29, 1.82) is 0 Å². The van der Waals surface area contributed by atoms with Crippen molar-refractivity contribution in [2.45, 2.75) is 33.6 Å². The standard InChI is InChI=1S/C26H35N7O2/c1-18-6-8-22(9-7-18)33-20(3)23-19(2)28-29-25(24(23)30-33)32-11-4-5-21(17-32)26(34)27-10-12-31-13-15-35-16-14-31/h6-9,21H,4-5,10-17H2,1-3H3,(H,27,34)/t21-/m1/s1. The van der Waals surface area contributed by atoms with Gasteiger partial charge >= 0.3 is 0 Å². The minimum Gasteiger partial charge on any atom is -0.379 e. The zero-order valence-electron chi connectivity index (χ0n) is 21.0. The molecule has 0 spiro atoms. The zero-order chi connectivity index (χ0) is 24.4. The van der Waals surface area contributed by atoms with Crippen LogP contribution in [0.25, 0.3) is 16.6 Å². The molecule has 2 fully saturated rings. The lowest BCUT2D eigenvalue weighted by Crippen LogP contribution is -2.46. The van der Waals surface area contributed by atoms with Crippen LogP contribution in [0, 0.1) is 26.7 Å². The summed E-state index contributed by atoms with van der Waals surface area (Å²) in [5.74, 6) is 0.831. The summed E-state index contributed by atoms with van der Waals surface area (Å²) >= 11 is 0. The second-order valence-electron chi connectivity index (χ2n) is 9.70. The van der Waals surface area contributed by atoms with Crippen molar-refractivity contribution in [2.75, 3.05) is 57.4 Å². The first-order chi connectivity index (χ1) is 17.0. The van der Waals surface area contributed by atoms with Gasteiger partial charge in [0.25, 0.3) is 0 Å². The molecule has 2 aliphatic heterocycles. The Balaban J connectivity index is 1.33. The van der Waals surface area contributed by atoms with Gasteiger partial charge in [-0.25, -0.2) is 4.68 Å². The molecule has 3 aromatic rings. The van der Waals surface area contributed by atoms with Crippen LogP contribution in [0.2, 0.25) is 0 Å². The summed E-state index contributed by atoms with van der Waals surface area (Å²) in [6.07, 6.45) is 1.83. The molecular formula is C26H35N7O2. The van der Waals surface area contributed by atoms with E-state index in [0.29, 0.717) is 13.1 Å². The number of carbonyl (C=O) groups excluding carboxylic acids is 1. The highest BCUT2D eigenvalue weighted by Gasteiger charge is 2.29. The molecule has 1 N–H and O–H groups in total. The molecule has 0 bridgehead atoms. The maximum Gasteiger partial charge on any atom is 0.224 e. The van der Waals surface area contributed by atoms with Gasteiger partial charge in [-0.1, -0.05) is 17.7 Å². The quantitative estimate of drug-likeness (QED) is 0.583. The Kier molecular flexibility index (Phi) is 6.97. The largest absolute Gasteiger partial charge is 0.379 e. The third-order valence-electron chi connectivity index (χ3n) is 7.19. The van der Waals surface area contributed by atoms with Gasteiger partial charge in [0.05, 0.1) is 41.6 Å². The van der Waals surface area contributed by atoms with E-state index in [2.05, 4.69) is 63.4 Å². The van der Waals surface area contributed by atoms with Gasteiger partial charge < -0.3 is 15.0 Å². The molecule has 5 rings (SSSR count). The number of hydrogen-bond acceptors (Lipinski definition) is 7. The molecule has 4 heterocycles. The Labute approximate surface area is 206 Å². The van der Waals surface area contributed by atoms with Gasteiger partial charge in [0.2, 0.25) is 5.91 Å². The Bertz CT molecular complexity index is 1180. The average molecular weight is 478 g/mol. The summed E-state index contributed by atoms with van der Waals surface area (Å²) in [5.41, 5.74) is 5.00. The number of benzene rings is 1. The second kappa shape index (κ2) is 10.3. The Morgan fingerprint density at radius 1 is 1.09 bits per heavy atom. The van der Waals surface area contributed by atoms with Gasteiger partial charge in [-0.3, -0.25) is 9.69 Å². The summed E-state index contributed by atoms with van der Waals surface area (Å²) in [4.78, 5) is 17.5. The molecule has 9 heteroatoms. The lowest BCUT2D eigenvalue weighted by atomic mass is 9.97. The summed E-state index contributed by atoms with van der Waals surface area (Å²) in [6, 6.07) is 8.36. The van der Waals surface area contributed by atoms with E-state index >= 15 is 0 Å². The first-order valence-corrected chi connectivity index (χ1v) is 12.6. The molecule has 1 aromatic carbocycles. The van der Waals surface area contributed by atoms with Crippen LogP contribution < -0.4 is 10.2 Å². The van der Waals surface area contributed by atoms with Gasteiger partial charge in [-0.05, 0) is 45.7 Å². The number of anilines is 1. The topological polar surface area (TPSA) is 88.4 Å². The number of aromatic nitrogens is 4. The number of aryl methyl sites for hydroxylation is 3. The molecule has 2 aromatic heterocycles. The number of amides is 1. The lowest BCUT2D eigenvalue weighted by molar-refractivity contribution is -0.125. The van der Waals surface area contributed by atoms with Crippen LogP contribution in [0.4, 0.5) is 5.82 Å². The molecule has 2 saturated heterocycles. The minimum absolute atomic E-state index is 0.0631. The fraction of sp³-hybridized carbons (Fsp3) is 0.538. The molecule has 0 unspecified atom stereocenters. The van der Waals surface area contributed by atoms with E-state index in [1.165, 1.54) is 5.56 Å². The highest BCUT2D eigenvalue weighted by Crippen LogP contribution is 2.31. The number of fused-ring (bicyclic) bond motifs is 1. The van der Waals surface area contributed by atoms with Crippen molar-refractivity contribution in [1.82, 2.24) is 30.2 Å². The molecule has 35 heavy (non-hydrogen) atoms. The van der Waals surface area contributed by atoms with Gasteiger partial charge in [-0.2, -0.15) is 10.2 Å². The Hall–Kier alpha value is -3.04. The van der Waals surface area contributed by atoms with Crippen LogP contribution in [-0.2, 0) is 9.53 Å². The molecule has 1 atom stereocenters. The Morgan fingerprint density at radius 2 is 1.86 bits per heavy atom. The second-order valence-corrected chi connectivity index (χ2v) is 9.70. The van der Waals surface area contributed by atoms with Crippen molar-refractivity contribution < 1.29 is 9.53 Å². The van der Waals surface area contributed by atoms with Gasteiger partial charge in [0.1, 0.15) is 5.52 Å². The maximum atomic E-state index is 13.0. The zero-order valence-corrected chi connectivity index (χ0v) is 21.0. The number of nitrogens with one attached hydrogen (secondary N) is 1. The third-order valence-corrected chi connectivity index (χ3v) is 7.19. The Morgan fingerprint density at radius 3 is 2.63 bits per heavy atom. The number of hydrogen-bond donors (Lipinski definition) is 1. The van der Waals surface area contributed by atoms with Crippen molar-refractivity contribution >= 4 is 22.6 Å². The van der Waals surface area contributed by atoms with Gasteiger partial charge in [-0.15, -0.1) is 5.10 Å². The maximum absolute atomic E-state index is 13.0. The monoisotopic (exact) mass is 477 g/mol. The lowest BCUT2D eigenvalue weighted by Gasteiger charge is -2.33. The first-order valence-electron chi connectivity index (χ1n) is 12.6. The molecule has 9 nitrogen and oxygen atoms in total. The number of carbonyl (C=O) groups is 1.